The number of carbonyl (C=O) groups is 1. The van der Waals surface area contributed by atoms with Gasteiger partial charge in [-0.1, -0.05) is 12.1 Å². The van der Waals surface area contributed by atoms with Crippen molar-refractivity contribution in [3.63, 3.8) is 0 Å². The minimum atomic E-state index is -3.80. The summed E-state index contributed by atoms with van der Waals surface area (Å²) in [6.07, 6.45) is 3.52. The summed E-state index contributed by atoms with van der Waals surface area (Å²) >= 11 is 0. The number of nitrogen functional groups attached to an aromatic ring is 1. The molecule has 4 rings (SSSR count). The molecule has 0 saturated heterocycles. The Labute approximate surface area is 233 Å². The average molecular weight is 565 g/mol. The number of benzene rings is 2. The van der Waals surface area contributed by atoms with Crippen LogP contribution in [0.1, 0.15) is 32.8 Å². The van der Waals surface area contributed by atoms with Crippen molar-refractivity contribution in [1.82, 2.24) is 19.6 Å². The third-order valence-electron chi connectivity index (χ3n) is 6.22. The number of nitrogens with one attached hydrogen (secondary N) is 2. The zero-order chi connectivity index (χ0) is 28.9. The van der Waals surface area contributed by atoms with Gasteiger partial charge in [-0.05, 0) is 73.4 Å². The molecule has 0 saturated carbocycles. The first-order valence-corrected chi connectivity index (χ1v) is 13.9. The molecule has 1 amide bonds. The van der Waals surface area contributed by atoms with Crippen LogP contribution in [0.2, 0.25) is 0 Å². The van der Waals surface area contributed by atoms with Gasteiger partial charge in [0.2, 0.25) is 16.0 Å². The maximum absolute atomic E-state index is 13.3. The summed E-state index contributed by atoms with van der Waals surface area (Å²) in [5, 5.41) is 5.95. The van der Waals surface area contributed by atoms with Gasteiger partial charge in [-0.3, -0.25) is 4.79 Å². The van der Waals surface area contributed by atoms with Crippen molar-refractivity contribution in [2.24, 2.45) is 0 Å². The number of aromatic nitrogens is 2. The van der Waals surface area contributed by atoms with Crippen LogP contribution in [-0.2, 0) is 23.0 Å². The lowest BCUT2D eigenvalue weighted by Crippen LogP contribution is -2.28. The van der Waals surface area contributed by atoms with Crippen molar-refractivity contribution in [2.45, 2.75) is 31.7 Å². The Morgan fingerprint density at radius 1 is 1.10 bits per heavy atom. The van der Waals surface area contributed by atoms with Gasteiger partial charge < -0.3 is 25.5 Å². The SMILES string of the molecule is COc1cc(C)c(S(=O)(=O)N(C)Cc2cc(C(=O)NCCc3ccc(Nc4nccc(N)n4)cc3)co2)c(C)c1. The molecular formula is C28H32N6O5S. The highest BCUT2D eigenvalue weighted by Crippen LogP contribution is 2.28. The molecule has 12 heteroatoms. The topological polar surface area (TPSA) is 153 Å². The second-order valence-electron chi connectivity index (χ2n) is 9.29. The van der Waals surface area contributed by atoms with Gasteiger partial charge in [-0.15, -0.1) is 0 Å². The maximum Gasteiger partial charge on any atom is 0.254 e. The van der Waals surface area contributed by atoms with E-state index in [1.165, 1.54) is 24.7 Å². The standard InChI is InChI=1S/C28H32N6O5S/c1-18-13-23(38-4)14-19(2)26(18)40(36,37)34(3)16-24-15-21(17-39-24)27(35)30-11-9-20-5-7-22(8-6-20)32-28-31-12-10-25(29)33-28/h5-8,10,12-15,17H,9,11,16H2,1-4H3,(H,30,35)(H3,29,31,32,33). The monoisotopic (exact) mass is 564 g/mol. The number of aryl methyl sites for hydroxylation is 2. The molecule has 2 heterocycles. The quantitative estimate of drug-likeness (QED) is 0.247. The highest BCUT2D eigenvalue weighted by Gasteiger charge is 2.26. The van der Waals surface area contributed by atoms with E-state index in [0.29, 0.717) is 52.9 Å². The van der Waals surface area contributed by atoms with Gasteiger partial charge in [0.1, 0.15) is 23.6 Å². The van der Waals surface area contributed by atoms with E-state index in [0.717, 1.165) is 11.3 Å². The number of hydrogen-bond acceptors (Lipinski definition) is 9. The summed E-state index contributed by atoms with van der Waals surface area (Å²) in [4.78, 5) is 21.1. The van der Waals surface area contributed by atoms with Gasteiger partial charge >= 0.3 is 0 Å². The van der Waals surface area contributed by atoms with Crippen molar-refractivity contribution in [3.05, 3.63) is 89.0 Å². The second-order valence-corrected chi connectivity index (χ2v) is 11.3. The number of methoxy groups -OCH3 is 1. The highest BCUT2D eigenvalue weighted by atomic mass is 32.2. The molecule has 0 radical (unpaired) electrons. The van der Waals surface area contributed by atoms with Crippen LogP contribution in [0.15, 0.2) is 70.3 Å². The normalized spacial score (nSPS) is 11.4. The molecule has 4 aromatic rings. The third-order valence-corrected chi connectivity index (χ3v) is 8.33. The fourth-order valence-electron chi connectivity index (χ4n) is 4.22. The zero-order valence-corrected chi connectivity index (χ0v) is 23.6. The summed E-state index contributed by atoms with van der Waals surface area (Å²) < 4.78 is 38.5. The molecule has 0 atom stereocenters. The number of nitrogens with zero attached hydrogens (tertiary/aromatic N) is 3. The molecule has 0 aliphatic rings. The lowest BCUT2D eigenvalue weighted by atomic mass is 10.1. The van der Waals surface area contributed by atoms with Crippen LogP contribution in [0.5, 0.6) is 5.75 Å². The fraction of sp³-hybridized carbons (Fsp3) is 0.250. The smallest absolute Gasteiger partial charge is 0.254 e. The van der Waals surface area contributed by atoms with E-state index >= 15 is 0 Å². The van der Waals surface area contributed by atoms with Crippen LogP contribution in [0.4, 0.5) is 17.5 Å². The van der Waals surface area contributed by atoms with Gasteiger partial charge in [-0.2, -0.15) is 9.29 Å². The first-order valence-electron chi connectivity index (χ1n) is 12.5. The molecule has 0 unspecified atom stereocenters. The van der Waals surface area contributed by atoms with Crippen LogP contribution in [-0.4, -0.2) is 49.3 Å². The lowest BCUT2D eigenvalue weighted by molar-refractivity contribution is 0.0953. The molecule has 11 nitrogen and oxygen atoms in total. The van der Waals surface area contributed by atoms with Crippen LogP contribution in [0, 0.1) is 13.8 Å². The van der Waals surface area contributed by atoms with Gasteiger partial charge in [-0.25, -0.2) is 13.4 Å². The summed E-state index contributed by atoms with van der Waals surface area (Å²) in [6.45, 7) is 3.84. The Balaban J connectivity index is 1.30. The van der Waals surface area contributed by atoms with Crippen molar-refractivity contribution in [1.29, 1.82) is 0 Å². The average Bonchev–Trinajstić information content (AvgIpc) is 3.37. The van der Waals surface area contributed by atoms with E-state index in [-0.39, 0.29) is 17.3 Å². The summed E-state index contributed by atoms with van der Waals surface area (Å²) in [6, 6.07) is 14.2. The number of amides is 1. The lowest BCUT2D eigenvalue weighted by Gasteiger charge is -2.19. The number of anilines is 3. The van der Waals surface area contributed by atoms with Crippen LogP contribution < -0.4 is 21.1 Å². The Kier molecular flexibility index (Phi) is 8.70. The number of ether oxygens (including phenoxy) is 1. The first-order chi connectivity index (χ1) is 19.1. The number of furan rings is 1. The molecule has 0 aliphatic heterocycles. The Bertz CT molecular complexity index is 1580. The molecule has 0 bridgehead atoms. The van der Waals surface area contributed by atoms with Crippen molar-refractivity contribution >= 4 is 33.4 Å². The van der Waals surface area contributed by atoms with E-state index in [1.807, 2.05) is 24.3 Å². The summed E-state index contributed by atoms with van der Waals surface area (Å²) in [5.41, 5.74) is 9.01. The second kappa shape index (κ2) is 12.2. The first kappa shape index (κ1) is 28.6. The Morgan fingerprint density at radius 3 is 2.45 bits per heavy atom. The van der Waals surface area contributed by atoms with Crippen LogP contribution in [0.25, 0.3) is 0 Å². The maximum atomic E-state index is 13.3. The number of carbonyl (C=O) groups excluding carboxylic acids is 1. The minimum Gasteiger partial charge on any atom is -0.497 e. The molecule has 0 spiro atoms. The zero-order valence-electron chi connectivity index (χ0n) is 22.8. The molecular weight excluding hydrogens is 532 g/mol. The Hall–Kier alpha value is -4.42. The van der Waals surface area contributed by atoms with Gasteiger partial charge in [0.15, 0.2) is 0 Å². The van der Waals surface area contributed by atoms with Crippen molar-refractivity contribution in [2.75, 3.05) is 31.8 Å². The number of rotatable bonds is 11. The molecule has 2 aromatic heterocycles. The van der Waals surface area contributed by atoms with Crippen LogP contribution >= 0.6 is 0 Å². The molecule has 0 fully saturated rings. The number of nitrogens with two attached hydrogens (primary N) is 1. The highest BCUT2D eigenvalue weighted by molar-refractivity contribution is 7.89. The predicted octanol–water partition coefficient (Wildman–Crippen LogP) is 3.81. The number of sulfonamides is 1. The molecule has 2 aromatic carbocycles. The Morgan fingerprint density at radius 2 is 1.80 bits per heavy atom. The van der Waals surface area contributed by atoms with E-state index in [2.05, 4.69) is 20.6 Å². The van der Waals surface area contributed by atoms with Gasteiger partial charge in [0.05, 0.1) is 24.1 Å². The number of hydrogen-bond donors (Lipinski definition) is 3. The van der Waals surface area contributed by atoms with E-state index < -0.39 is 10.0 Å². The van der Waals surface area contributed by atoms with E-state index in [9.17, 15) is 13.2 Å². The molecule has 40 heavy (non-hydrogen) atoms. The summed E-state index contributed by atoms with van der Waals surface area (Å²) in [5.74, 6) is 1.43. The van der Waals surface area contributed by atoms with Gasteiger partial charge in [0, 0.05) is 25.5 Å². The van der Waals surface area contributed by atoms with Gasteiger partial charge in [0.25, 0.3) is 5.91 Å². The molecule has 4 N–H and O–H groups in total. The third kappa shape index (κ3) is 6.77. The van der Waals surface area contributed by atoms with E-state index in [1.54, 1.807) is 44.3 Å². The van der Waals surface area contributed by atoms with Crippen LogP contribution in [0.3, 0.4) is 0 Å². The largest absolute Gasteiger partial charge is 0.497 e. The van der Waals surface area contributed by atoms with Crippen molar-refractivity contribution < 1.29 is 22.4 Å². The predicted molar refractivity (Wildman–Crippen MR) is 152 cm³/mol. The molecule has 210 valence electrons. The van der Waals surface area contributed by atoms with E-state index in [4.69, 9.17) is 14.9 Å². The molecule has 0 aliphatic carbocycles. The fourth-order valence-corrected chi connectivity index (χ4v) is 5.76. The summed E-state index contributed by atoms with van der Waals surface area (Å²) in [7, 11) is -0.789. The van der Waals surface area contributed by atoms with Crippen molar-refractivity contribution in [3.8, 4) is 5.75 Å². The minimum absolute atomic E-state index is 0.0263.